The maximum atomic E-state index is 12.4. The van der Waals surface area contributed by atoms with Crippen molar-refractivity contribution in [2.24, 2.45) is 0 Å². The number of amides is 2. The summed E-state index contributed by atoms with van der Waals surface area (Å²) >= 11 is 0. The summed E-state index contributed by atoms with van der Waals surface area (Å²) in [6.45, 7) is 2.34. The Morgan fingerprint density at radius 2 is 2.09 bits per heavy atom. The molecule has 1 N–H and O–H groups in total. The van der Waals surface area contributed by atoms with Crippen LogP contribution in [0, 0.1) is 0 Å². The van der Waals surface area contributed by atoms with Crippen LogP contribution in [0.2, 0.25) is 0 Å². The smallest absolute Gasteiger partial charge is 0.249 e. The molecule has 122 valence electrons. The molecule has 0 bridgehead atoms. The number of likely N-dealkylation sites (N-methyl/N-ethyl adjacent to an activating group) is 2. The third-order valence-corrected chi connectivity index (χ3v) is 4.98. The minimum absolute atomic E-state index is 0.0167. The van der Waals surface area contributed by atoms with Gasteiger partial charge in [0.05, 0.1) is 19.7 Å². The molecule has 2 heterocycles. The number of allylic oxidation sites excluding steroid dienone is 1. The van der Waals surface area contributed by atoms with Crippen LogP contribution in [0.1, 0.15) is 25.7 Å². The Hall–Kier alpha value is -1.40. The zero-order chi connectivity index (χ0) is 15.7. The zero-order valence-corrected chi connectivity index (χ0v) is 13.4. The molecule has 3 aliphatic rings. The Morgan fingerprint density at radius 1 is 1.32 bits per heavy atom. The summed E-state index contributed by atoms with van der Waals surface area (Å²) in [5.41, 5.74) is 0.679. The van der Waals surface area contributed by atoms with Gasteiger partial charge in [-0.15, -0.1) is 0 Å². The fourth-order valence-corrected chi connectivity index (χ4v) is 3.66. The van der Waals surface area contributed by atoms with Crippen LogP contribution < -0.4 is 5.32 Å². The van der Waals surface area contributed by atoms with Crippen LogP contribution in [0.3, 0.4) is 0 Å². The van der Waals surface area contributed by atoms with E-state index in [2.05, 4.69) is 11.4 Å². The molecule has 3 rings (SSSR count). The van der Waals surface area contributed by atoms with Crippen LogP contribution in [-0.2, 0) is 14.3 Å². The van der Waals surface area contributed by atoms with Gasteiger partial charge in [0.15, 0.2) is 0 Å². The van der Waals surface area contributed by atoms with Crippen LogP contribution in [0.15, 0.2) is 11.6 Å². The van der Waals surface area contributed by atoms with E-state index < -0.39 is 0 Å². The molecular formula is C16H25N3O3. The van der Waals surface area contributed by atoms with Gasteiger partial charge in [-0.3, -0.25) is 14.5 Å². The van der Waals surface area contributed by atoms with Crippen molar-refractivity contribution in [3.05, 3.63) is 11.6 Å². The molecule has 2 saturated heterocycles. The molecule has 1 spiro atoms. The van der Waals surface area contributed by atoms with Crippen molar-refractivity contribution >= 4 is 11.8 Å². The average molecular weight is 307 g/mol. The van der Waals surface area contributed by atoms with Crippen molar-refractivity contribution in [3.8, 4) is 0 Å². The van der Waals surface area contributed by atoms with Gasteiger partial charge < -0.3 is 15.0 Å². The van der Waals surface area contributed by atoms with E-state index in [0.717, 1.165) is 24.8 Å². The molecule has 1 aliphatic carbocycles. The molecule has 1 unspecified atom stereocenters. The normalized spacial score (nSPS) is 28.0. The fourth-order valence-electron chi connectivity index (χ4n) is 3.66. The third kappa shape index (κ3) is 2.77. The van der Waals surface area contributed by atoms with Gasteiger partial charge in [-0.25, -0.2) is 0 Å². The summed E-state index contributed by atoms with van der Waals surface area (Å²) in [4.78, 5) is 28.1. The van der Waals surface area contributed by atoms with Crippen LogP contribution in [0.5, 0.6) is 0 Å². The summed E-state index contributed by atoms with van der Waals surface area (Å²) in [5.74, 6) is 0.155. The Balaban J connectivity index is 1.55. The quantitative estimate of drug-likeness (QED) is 0.788. The van der Waals surface area contributed by atoms with E-state index in [1.165, 1.54) is 6.42 Å². The minimum Gasteiger partial charge on any atom is -0.368 e. The molecule has 22 heavy (non-hydrogen) atoms. The largest absolute Gasteiger partial charge is 0.368 e. The predicted molar refractivity (Wildman–Crippen MR) is 82.3 cm³/mol. The minimum atomic E-state index is -0.288. The van der Waals surface area contributed by atoms with Gasteiger partial charge in [0.1, 0.15) is 11.6 Å². The van der Waals surface area contributed by atoms with Crippen LogP contribution in [0.25, 0.3) is 0 Å². The number of morpholine rings is 1. The number of ether oxygens (including phenoxy) is 1. The number of rotatable bonds is 2. The number of carbonyl (C=O) groups is 2. The lowest BCUT2D eigenvalue weighted by atomic mass is 9.88. The topological polar surface area (TPSA) is 61.9 Å². The van der Waals surface area contributed by atoms with E-state index in [1.807, 2.05) is 16.8 Å². The monoisotopic (exact) mass is 307 g/mol. The van der Waals surface area contributed by atoms with Crippen molar-refractivity contribution in [1.82, 2.24) is 15.1 Å². The fraction of sp³-hybridized carbons (Fsp3) is 0.750. The summed E-state index contributed by atoms with van der Waals surface area (Å²) in [5, 5.41) is 2.67. The van der Waals surface area contributed by atoms with Gasteiger partial charge in [0.2, 0.25) is 11.8 Å². The lowest BCUT2D eigenvalue weighted by Crippen LogP contribution is -2.73. The molecule has 0 aromatic rings. The van der Waals surface area contributed by atoms with Crippen molar-refractivity contribution in [2.75, 3.05) is 40.3 Å². The van der Waals surface area contributed by atoms with Crippen LogP contribution in [0.4, 0.5) is 0 Å². The average Bonchev–Trinajstić information content (AvgIpc) is 2.52. The molecule has 2 fully saturated rings. The molecule has 6 nitrogen and oxygen atoms in total. The molecular weight excluding hydrogens is 282 g/mol. The zero-order valence-electron chi connectivity index (χ0n) is 13.4. The lowest BCUT2D eigenvalue weighted by Gasteiger charge is -2.54. The molecule has 0 saturated carbocycles. The van der Waals surface area contributed by atoms with Gasteiger partial charge in [0.25, 0.3) is 0 Å². The number of hydrogen-bond acceptors (Lipinski definition) is 4. The van der Waals surface area contributed by atoms with E-state index in [0.29, 0.717) is 26.2 Å². The molecule has 0 aromatic carbocycles. The molecule has 2 aliphatic heterocycles. The maximum Gasteiger partial charge on any atom is 0.249 e. The number of hydrogen-bond donors (Lipinski definition) is 1. The van der Waals surface area contributed by atoms with E-state index in [-0.39, 0.29) is 23.5 Å². The number of nitrogens with zero attached hydrogens (tertiary/aromatic N) is 2. The Morgan fingerprint density at radius 3 is 2.68 bits per heavy atom. The Labute approximate surface area is 131 Å². The van der Waals surface area contributed by atoms with E-state index in [9.17, 15) is 9.59 Å². The highest BCUT2D eigenvalue weighted by atomic mass is 16.5. The van der Waals surface area contributed by atoms with Crippen molar-refractivity contribution in [2.45, 2.75) is 37.3 Å². The SMILES string of the molecule is CNC(=O)C1COC2(CN(C(=O)C3=CCCCC3)C2)CN1C. The summed E-state index contributed by atoms with van der Waals surface area (Å²) in [6.07, 6.45) is 6.32. The highest BCUT2D eigenvalue weighted by Crippen LogP contribution is 2.32. The first kappa shape index (κ1) is 15.5. The summed E-state index contributed by atoms with van der Waals surface area (Å²) in [7, 11) is 3.58. The van der Waals surface area contributed by atoms with Gasteiger partial charge in [-0.05, 0) is 32.7 Å². The van der Waals surface area contributed by atoms with Crippen molar-refractivity contribution in [1.29, 1.82) is 0 Å². The lowest BCUT2D eigenvalue weighted by molar-refractivity contribution is -0.199. The second-order valence-corrected chi connectivity index (χ2v) is 6.68. The second kappa shape index (κ2) is 6.01. The van der Waals surface area contributed by atoms with E-state index in [4.69, 9.17) is 4.74 Å². The predicted octanol–water partition coefficient (Wildman–Crippen LogP) is 0.144. The maximum absolute atomic E-state index is 12.4. The standard InChI is InChI=1S/C16H25N3O3/c1-17-14(20)13-8-22-16(9-18(13)2)10-19(11-16)15(21)12-6-4-3-5-7-12/h6,13H,3-5,7-11H2,1-2H3,(H,17,20). The number of nitrogens with one attached hydrogen (secondary N) is 1. The highest BCUT2D eigenvalue weighted by molar-refractivity contribution is 5.94. The number of carbonyl (C=O) groups excluding carboxylic acids is 2. The molecule has 1 atom stereocenters. The van der Waals surface area contributed by atoms with Gasteiger partial charge in [-0.2, -0.15) is 0 Å². The molecule has 0 aromatic heterocycles. The number of likely N-dealkylation sites (tertiary alicyclic amines) is 1. The first-order chi connectivity index (χ1) is 10.5. The van der Waals surface area contributed by atoms with E-state index >= 15 is 0 Å². The first-order valence-corrected chi connectivity index (χ1v) is 8.09. The molecule has 0 radical (unpaired) electrons. The summed E-state index contributed by atoms with van der Waals surface area (Å²) in [6, 6.07) is -0.235. The summed E-state index contributed by atoms with van der Waals surface area (Å²) < 4.78 is 5.96. The third-order valence-electron chi connectivity index (χ3n) is 4.98. The second-order valence-electron chi connectivity index (χ2n) is 6.68. The van der Waals surface area contributed by atoms with Crippen molar-refractivity contribution < 1.29 is 14.3 Å². The van der Waals surface area contributed by atoms with Crippen LogP contribution >= 0.6 is 0 Å². The highest BCUT2D eigenvalue weighted by Gasteiger charge is 2.51. The van der Waals surface area contributed by atoms with Crippen molar-refractivity contribution in [3.63, 3.8) is 0 Å². The van der Waals surface area contributed by atoms with Gasteiger partial charge in [-0.1, -0.05) is 6.08 Å². The first-order valence-electron chi connectivity index (χ1n) is 8.09. The van der Waals surface area contributed by atoms with Crippen LogP contribution in [-0.4, -0.2) is 73.6 Å². The molecule has 2 amide bonds. The molecule has 6 heteroatoms. The Bertz CT molecular complexity index is 497. The Kier molecular flexibility index (Phi) is 4.23. The van der Waals surface area contributed by atoms with Gasteiger partial charge in [0, 0.05) is 19.2 Å². The van der Waals surface area contributed by atoms with Gasteiger partial charge >= 0.3 is 0 Å². The van der Waals surface area contributed by atoms with E-state index in [1.54, 1.807) is 7.05 Å².